The van der Waals surface area contributed by atoms with Gasteiger partial charge in [0.2, 0.25) is 0 Å². The van der Waals surface area contributed by atoms with Crippen LogP contribution >= 0.6 is 0 Å². The lowest BCUT2D eigenvalue weighted by Crippen LogP contribution is -2.71. The van der Waals surface area contributed by atoms with Crippen LogP contribution in [0.15, 0.2) is 0 Å². The van der Waals surface area contributed by atoms with Crippen LogP contribution in [0, 0.1) is 5.41 Å². The molecule has 0 spiro atoms. The molecule has 0 amide bonds. The summed E-state index contributed by atoms with van der Waals surface area (Å²) in [6.07, 6.45) is 0. The summed E-state index contributed by atoms with van der Waals surface area (Å²) in [6, 6.07) is 0. The fraction of sp³-hybridized carbons (Fsp3) is 0. The summed E-state index contributed by atoms with van der Waals surface area (Å²) in [4.78, 5) is 1.92. The van der Waals surface area contributed by atoms with Gasteiger partial charge in [-0.25, -0.2) is 5.41 Å². The molecule has 15 heavy (non-hydrogen) atoms. The summed E-state index contributed by atoms with van der Waals surface area (Å²) < 4.78 is 0. The normalized spacial score (nSPS) is 6.73. The second kappa shape index (κ2) is 17.8. The molecule has 0 aromatic heterocycles. The molecule has 0 atom stereocenters. The predicted octanol–water partition coefficient (Wildman–Crippen LogP) is -2.85. The van der Waals surface area contributed by atoms with Crippen molar-refractivity contribution in [3.05, 3.63) is 31.9 Å². The fourth-order valence-corrected chi connectivity index (χ4v) is 0. The first-order valence-corrected chi connectivity index (χ1v) is 2.75. The summed E-state index contributed by atoms with van der Waals surface area (Å²) in [7, 11) is 0. The zero-order valence-electron chi connectivity index (χ0n) is 7.72. The van der Waals surface area contributed by atoms with Crippen molar-refractivity contribution in [2.45, 2.75) is 0 Å². The lowest BCUT2D eigenvalue weighted by molar-refractivity contribution is -0.880. The second-order valence-electron chi connectivity index (χ2n) is 1.40. The molecule has 0 saturated carbocycles. The van der Waals surface area contributed by atoms with Crippen molar-refractivity contribution < 1.29 is 10.7 Å². The molecule has 0 heterocycles. The van der Waals surface area contributed by atoms with E-state index in [9.17, 15) is 0 Å². The monoisotopic (exact) mass is 222 g/mol. The molecule has 0 aliphatic carbocycles. The Morgan fingerprint density at radius 3 is 1.07 bits per heavy atom. The molecule has 88 valence electrons. The topological polar surface area (TPSA) is 299 Å². The van der Waals surface area contributed by atoms with E-state index in [2.05, 4.69) is 11.7 Å². The zero-order chi connectivity index (χ0) is 13.5. The van der Waals surface area contributed by atoms with E-state index < -0.39 is 10.8 Å². The first kappa shape index (κ1) is 23.0. The Balaban J connectivity index is -0.0000000638. The summed E-state index contributed by atoms with van der Waals surface area (Å²) in [5.41, 5.74) is 31.8. The van der Waals surface area contributed by atoms with Crippen LogP contribution in [0.1, 0.15) is 0 Å². The summed E-state index contributed by atoms with van der Waals surface area (Å²) in [5, 5.41) is 6.52. The van der Waals surface area contributed by atoms with Crippen LogP contribution in [0.25, 0.3) is 31.9 Å². The van der Waals surface area contributed by atoms with Gasteiger partial charge in [-0.3, -0.25) is 15.7 Å². The SMILES string of the molecule is N=C(N)[N+](N)(N)N.N[NH3+].[N-]=[N+]=[N-].[N-]=[N+]=[N-]. The molecule has 0 aromatic rings. The third-order valence-electron chi connectivity index (χ3n) is 0.417. The van der Waals surface area contributed by atoms with Gasteiger partial charge < -0.3 is 27.9 Å². The number of hydrogen-bond acceptors (Lipinski definition) is 5. The van der Waals surface area contributed by atoms with Crippen molar-refractivity contribution in [2.24, 2.45) is 29.1 Å². The van der Waals surface area contributed by atoms with E-state index in [1.165, 1.54) is 9.82 Å². The average molecular weight is 222 g/mol. The van der Waals surface area contributed by atoms with Crippen LogP contribution in [0.5, 0.6) is 0 Å². The third-order valence-corrected chi connectivity index (χ3v) is 0.417. The van der Waals surface area contributed by atoms with E-state index >= 15 is 0 Å². The molecule has 0 unspecified atom stereocenters. The van der Waals surface area contributed by atoms with E-state index in [1.54, 1.807) is 0 Å². The lowest BCUT2D eigenvalue weighted by Gasteiger charge is -2.14. The molecule has 0 bridgehead atoms. The Labute approximate surface area is 84.2 Å². The van der Waals surface area contributed by atoms with E-state index in [1.807, 2.05) is 0 Å². The van der Waals surface area contributed by atoms with E-state index in [4.69, 9.17) is 50.8 Å². The number of guanidine groups is 1. The Kier molecular flexibility index (Phi) is 27.4. The average Bonchev–Trinajstić information content (AvgIpc) is 2.08. The maximum atomic E-state index is 6.75. The molecule has 14 N–H and O–H groups in total. The van der Waals surface area contributed by atoms with Crippen LogP contribution in [-0.2, 0) is 0 Å². The van der Waals surface area contributed by atoms with Gasteiger partial charge in [-0.15, -0.1) is 17.5 Å². The minimum absolute atomic E-state index is 0.486. The Hall–Kier alpha value is -2.15. The number of nitrogens with two attached hydrogens (primary N) is 5. The molecule has 0 rings (SSSR count). The highest BCUT2D eigenvalue weighted by Gasteiger charge is 2.14. The van der Waals surface area contributed by atoms with Gasteiger partial charge in [-0.05, 0) is 4.81 Å². The van der Waals surface area contributed by atoms with E-state index in [-0.39, 0.29) is 0 Å². The highest BCUT2D eigenvalue weighted by Crippen LogP contribution is 1.63. The van der Waals surface area contributed by atoms with Gasteiger partial charge in [0.1, 0.15) is 0 Å². The van der Waals surface area contributed by atoms with Crippen molar-refractivity contribution in [3.8, 4) is 0 Å². The lowest BCUT2D eigenvalue weighted by atomic mass is 11.0. The number of nitrogens with one attached hydrogen (secondary N) is 1. The van der Waals surface area contributed by atoms with Gasteiger partial charge in [0.15, 0.2) is 0 Å². The van der Waals surface area contributed by atoms with Crippen LogP contribution in [0.4, 0.5) is 0 Å². The van der Waals surface area contributed by atoms with Crippen molar-refractivity contribution >= 4 is 5.96 Å². The number of rotatable bonds is 0. The minimum Gasteiger partial charge on any atom is -0.373 e. The highest BCUT2D eigenvalue weighted by molar-refractivity contribution is 5.65. The van der Waals surface area contributed by atoms with Gasteiger partial charge in [0.25, 0.3) is 0 Å². The first-order chi connectivity index (χ1) is 6.77. The number of nitrogens with zero attached hydrogens (tertiary/aromatic N) is 7. The Bertz CT molecular complexity index is 180. The summed E-state index contributed by atoms with van der Waals surface area (Å²) in [6.45, 7) is 0. The molecular formula is CH14N14. The molecule has 0 fully saturated rings. The first-order valence-electron chi connectivity index (χ1n) is 2.75. The van der Waals surface area contributed by atoms with Crippen molar-refractivity contribution in [3.63, 3.8) is 0 Å². The van der Waals surface area contributed by atoms with Gasteiger partial charge >= 0.3 is 5.96 Å². The molecule has 14 heteroatoms. The quantitative estimate of drug-likeness (QED) is 0.0331. The van der Waals surface area contributed by atoms with Crippen molar-refractivity contribution in [2.75, 3.05) is 0 Å². The smallest absolute Gasteiger partial charge is 0.352 e. The van der Waals surface area contributed by atoms with Crippen LogP contribution in [-0.4, -0.2) is 10.8 Å². The fourth-order valence-electron chi connectivity index (χ4n) is 0. The molecule has 0 aliphatic rings. The maximum Gasteiger partial charge on any atom is 0.352 e. The van der Waals surface area contributed by atoms with Gasteiger partial charge in [0.05, 0.1) is 0 Å². The van der Waals surface area contributed by atoms with E-state index in [0.29, 0.717) is 0 Å². The van der Waals surface area contributed by atoms with Gasteiger partial charge in [0, 0.05) is 0 Å². The van der Waals surface area contributed by atoms with Crippen LogP contribution in [0.2, 0.25) is 0 Å². The van der Waals surface area contributed by atoms with Gasteiger partial charge in [-0.2, -0.15) is 5.84 Å². The zero-order valence-corrected chi connectivity index (χ0v) is 7.72. The van der Waals surface area contributed by atoms with Gasteiger partial charge in [-0.1, -0.05) is 0 Å². The van der Waals surface area contributed by atoms with Crippen LogP contribution < -0.4 is 34.9 Å². The molecular weight excluding hydrogens is 208 g/mol. The Morgan fingerprint density at radius 2 is 1.07 bits per heavy atom. The molecule has 0 saturated heterocycles. The number of quaternary nitrogens is 2. The molecule has 0 aromatic carbocycles. The minimum atomic E-state index is -1.08. The molecule has 0 radical (unpaired) electrons. The standard InChI is InChI=1S/CH9N6.2N3.H4N2/c2-1(3)7(4,5)6;2*1-3-2;1-2/h4-6H2,(H3,2,3);;;1-2H2/q+1;2*-1;/p+1. The van der Waals surface area contributed by atoms with Crippen LogP contribution in [0.3, 0.4) is 0 Å². The number of hydrogen-bond donors (Lipinski definition) is 7. The highest BCUT2D eigenvalue weighted by atomic mass is 15.9. The Morgan fingerprint density at radius 1 is 1.00 bits per heavy atom. The summed E-state index contributed by atoms with van der Waals surface area (Å²) >= 11 is 0. The summed E-state index contributed by atoms with van der Waals surface area (Å²) in [5.74, 6) is 21.0. The second-order valence-corrected chi connectivity index (χ2v) is 1.40. The third kappa shape index (κ3) is 77.6. The van der Waals surface area contributed by atoms with E-state index in [0.717, 1.165) is 0 Å². The predicted molar refractivity (Wildman–Crippen MR) is 52.0 cm³/mol. The molecule has 0 aliphatic heterocycles. The van der Waals surface area contributed by atoms with Crippen molar-refractivity contribution in [1.29, 1.82) is 5.41 Å². The molecule has 14 nitrogen and oxygen atoms in total. The largest absolute Gasteiger partial charge is 0.373 e. The van der Waals surface area contributed by atoms with Crippen molar-refractivity contribution in [1.82, 2.24) is 0 Å². The maximum absolute atomic E-state index is 6.75.